The van der Waals surface area contributed by atoms with Crippen LogP contribution in [0.25, 0.3) is 22.4 Å². The van der Waals surface area contributed by atoms with Gasteiger partial charge in [-0.25, -0.2) is 0 Å². The van der Waals surface area contributed by atoms with Gasteiger partial charge in [0.05, 0.1) is 0 Å². The molecule has 0 atom stereocenters. The molecule has 126 valence electrons. The molecule has 0 amide bonds. The molecule has 0 radical (unpaired) electrons. The Morgan fingerprint density at radius 2 is 1.68 bits per heavy atom. The number of hydrogen-bond donors (Lipinski definition) is 1. The predicted molar refractivity (Wildman–Crippen MR) is 83.7 cm³/mol. The Morgan fingerprint density at radius 3 is 2.32 bits per heavy atom. The summed E-state index contributed by atoms with van der Waals surface area (Å²) in [5.74, 6) is -0.429. The molecule has 2 aromatic carbocycles. The first-order chi connectivity index (χ1) is 11.9. The zero-order valence-corrected chi connectivity index (χ0v) is 13.1. The normalized spacial score (nSPS) is 11.2. The van der Waals surface area contributed by atoms with Crippen molar-refractivity contribution in [2.24, 2.45) is 0 Å². The van der Waals surface area contributed by atoms with Crippen molar-refractivity contribution in [3.05, 3.63) is 53.2 Å². The van der Waals surface area contributed by atoms with Crippen molar-refractivity contribution in [2.45, 2.75) is 6.36 Å². The van der Waals surface area contributed by atoms with Crippen molar-refractivity contribution in [3.8, 4) is 34.2 Å². The molecule has 1 aromatic heterocycles. The van der Waals surface area contributed by atoms with Gasteiger partial charge in [-0.15, -0.1) is 18.3 Å². The van der Waals surface area contributed by atoms with E-state index in [9.17, 15) is 13.2 Å². The van der Waals surface area contributed by atoms with Gasteiger partial charge < -0.3 is 4.74 Å². The predicted octanol–water partition coefficient (Wildman–Crippen LogP) is 4.56. The van der Waals surface area contributed by atoms with Crippen LogP contribution in [-0.2, 0) is 0 Å². The fourth-order valence-corrected chi connectivity index (χ4v) is 2.37. The van der Waals surface area contributed by atoms with E-state index in [1.54, 1.807) is 30.3 Å². The van der Waals surface area contributed by atoms with E-state index < -0.39 is 12.1 Å². The molecule has 1 heterocycles. The Labute approximate surface area is 144 Å². The van der Waals surface area contributed by atoms with Crippen molar-refractivity contribution in [1.29, 1.82) is 5.26 Å². The van der Waals surface area contributed by atoms with Crippen molar-refractivity contribution in [1.82, 2.24) is 15.4 Å². The second-order valence-electron chi connectivity index (χ2n) is 4.93. The summed E-state index contributed by atoms with van der Waals surface area (Å²) in [6.07, 6.45) is -4.85. The van der Waals surface area contributed by atoms with Crippen LogP contribution < -0.4 is 4.74 Å². The highest BCUT2D eigenvalue weighted by Crippen LogP contribution is 2.34. The molecule has 0 saturated heterocycles. The van der Waals surface area contributed by atoms with Gasteiger partial charge >= 0.3 is 6.36 Å². The van der Waals surface area contributed by atoms with E-state index in [0.717, 1.165) is 6.07 Å². The van der Waals surface area contributed by atoms with Crippen molar-refractivity contribution < 1.29 is 17.9 Å². The van der Waals surface area contributed by atoms with Gasteiger partial charge in [0, 0.05) is 10.6 Å². The number of H-pyrrole nitrogens is 1. The highest BCUT2D eigenvalue weighted by atomic mass is 35.5. The van der Waals surface area contributed by atoms with E-state index >= 15 is 0 Å². The zero-order valence-electron chi connectivity index (χ0n) is 12.3. The molecule has 3 rings (SSSR count). The number of nitrogens with one attached hydrogen (secondary N) is 1. The maximum atomic E-state index is 12.6. The van der Waals surface area contributed by atoms with Crippen LogP contribution in [0.15, 0.2) is 42.5 Å². The monoisotopic (exact) mass is 364 g/mol. The molecule has 0 saturated carbocycles. The summed E-state index contributed by atoms with van der Waals surface area (Å²) in [5, 5.41) is 19.3. The highest BCUT2D eigenvalue weighted by molar-refractivity contribution is 6.30. The fraction of sp³-hybridized carbons (Fsp3) is 0.0625. The lowest BCUT2D eigenvalue weighted by Crippen LogP contribution is -2.17. The molecule has 1 N–H and O–H groups in total. The number of halogens is 4. The number of aromatic amines is 1. The summed E-state index contributed by atoms with van der Waals surface area (Å²) in [4.78, 5) is 0. The van der Waals surface area contributed by atoms with Crippen molar-refractivity contribution in [2.75, 3.05) is 0 Å². The topological polar surface area (TPSA) is 74.6 Å². The largest absolute Gasteiger partial charge is 0.573 e. The number of nitriles is 1. The number of benzene rings is 2. The number of nitrogens with zero attached hydrogens (tertiary/aromatic N) is 3. The number of hydrogen-bond acceptors (Lipinski definition) is 4. The van der Waals surface area contributed by atoms with E-state index in [1.807, 2.05) is 6.07 Å². The van der Waals surface area contributed by atoms with Gasteiger partial charge in [-0.1, -0.05) is 23.7 Å². The van der Waals surface area contributed by atoms with Crippen LogP contribution in [0.5, 0.6) is 5.75 Å². The molecule has 0 aliphatic heterocycles. The van der Waals surface area contributed by atoms with Crippen molar-refractivity contribution >= 4 is 11.6 Å². The quantitative estimate of drug-likeness (QED) is 0.739. The van der Waals surface area contributed by atoms with E-state index in [1.165, 1.54) is 6.07 Å². The van der Waals surface area contributed by atoms with Crippen molar-refractivity contribution in [3.63, 3.8) is 0 Å². The van der Waals surface area contributed by atoms with Crippen LogP contribution in [0.2, 0.25) is 5.02 Å². The Kier molecular flexibility index (Phi) is 4.33. The summed E-state index contributed by atoms with van der Waals surface area (Å²) in [5.41, 5.74) is 1.43. The molecular weight excluding hydrogens is 357 g/mol. The third-order valence-corrected chi connectivity index (χ3v) is 3.50. The molecule has 0 fully saturated rings. The molecule has 5 nitrogen and oxygen atoms in total. The smallest absolute Gasteiger partial charge is 0.406 e. The van der Waals surface area contributed by atoms with E-state index in [-0.39, 0.29) is 17.0 Å². The third-order valence-electron chi connectivity index (χ3n) is 3.24. The van der Waals surface area contributed by atoms with Gasteiger partial charge in [0.1, 0.15) is 17.5 Å². The van der Waals surface area contributed by atoms with Gasteiger partial charge in [-0.05, 0) is 41.5 Å². The Hall–Kier alpha value is -3.05. The molecule has 0 unspecified atom stereocenters. The number of alkyl halides is 3. The second kappa shape index (κ2) is 6.45. The second-order valence-corrected chi connectivity index (χ2v) is 5.37. The van der Waals surface area contributed by atoms with Crippen LogP contribution in [0.1, 0.15) is 5.69 Å². The van der Waals surface area contributed by atoms with Gasteiger partial charge in [-0.3, -0.25) is 0 Å². The highest BCUT2D eigenvalue weighted by Gasteiger charge is 2.31. The summed E-state index contributed by atoms with van der Waals surface area (Å²) in [6, 6.07) is 12.3. The number of aromatic nitrogens is 3. The molecule has 0 aliphatic carbocycles. The van der Waals surface area contributed by atoms with Crippen LogP contribution in [0.4, 0.5) is 13.2 Å². The maximum Gasteiger partial charge on any atom is 0.573 e. The fourth-order valence-electron chi connectivity index (χ4n) is 2.25. The van der Waals surface area contributed by atoms with Gasteiger partial charge in [0.15, 0.2) is 5.69 Å². The minimum atomic E-state index is -4.85. The summed E-state index contributed by atoms with van der Waals surface area (Å²) in [6.45, 7) is 0. The average molecular weight is 365 g/mol. The van der Waals surface area contributed by atoms with Gasteiger partial charge in [0.25, 0.3) is 0 Å². The van der Waals surface area contributed by atoms with Gasteiger partial charge in [0.2, 0.25) is 0 Å². The summed E-state index contributed by atoms with van der Waals surface area (Å²) in [7, 11) is 0. The summed E-state index contributed by atoms with van der Waals surface area (Å²) < 4.78 is 41.9. The zero-order chi connectivity index (χ0) is 18.0. The Bertz CT molecular complexity index is 945. The number of rotatable bonds is 3. The van der Waals surface area contributed by atoms with E-state index in [4.69, 9.17) is 16.9 Å². The Morgan fingerprint density at radius 1 is 1.00 bits per heavy atom. The SMILES string of the molecule is N#Cc1n[nH]nc1-c1cc(OC(F)(F)F)cc(-c2ccc(Cl)cc2)c1. The van der Waals surface area contributed by atoms with Gasteiger partial charge in [-0.2, -0.15) is 15.6 Å². The first-order valence-electron chi connectivity index (χ1n) is 6.84. The van der Waals surface area contributed by atoms with Crippen LogP contribution in [0, 0.1) is 11.3 Å². The average Bonchev–Trinajstić information content (AvgIpc) is 3.02. The standard InChI is InChI=1S/C16H8ClF3N4O/c17-12-3-1-9(2-4-12)10-5-11(15-14(8-21)22-24-23-15)7-13(6-10)25-16(18,19)20/h1-7H,(H,22,23,24). The minimum absolute atomic E-state index is 0.0359. The Balaban J connectivity index is 2.15. The van der Waals surface area contributed by atoms with Crippen LogP contribution in [0.3, 0.4) is 0 Å². The lowest BCUT2D eigenvalue weighted by Gasteiger charge is -2.12. The summed E-state index contributed by atoms with van der Waals surface area (Å²) >= 11 is 5.84. The number of ether oxygens (including phenoxy) is 1. The van der Waals surface area contributed by atoms with E-state index in [2.05, 4.69) is 20.1 Å². The first-order valence-corrected chi connectivity index (χ1v) is 7.21. The minimum Gasteiger partial charge on any atom is -0.406 e. The first kappa shape index (κ1) is 16.8. The molecule has 25 heavy (non-hydrogen) atoms. The molecule has 0 bridgehead atoms. The lowest BCUT2D eigenvalue weighted by molar-refractivity contribution is -0.274. The molecule has 0 aliphatic rings. The molecular formula is C16H8ClF3N4O. The van der Waals surface area contributed by atoms with Crippen LogP contribution in [-0.4, -0.2) is 21.8 Å². The molecule has 0 spiro atoms. The lowest BCUT2D eigenvalue weighted by atomic mass is 10.0. The maximum absolute atomic E-state index is 12.6. The molecule has 3 aromatic rings. The van der Waals surface area contributed by atoms with E-state index in [0.29, 0.717) is 16.1 Å². The molecule has 9 heteroatoms. The third kappa shape index (κ3) is 3.89. The van der Waals surface area contributed by atoms with Crippen LogP contribution >= 0.6 is 11.6 Å².